The Morgan fingerprint density at radius 2 is 1.82 bits per heavy atom. The Hall–Kier alpha value is -3.11. The van der Waals surface area contributed by atoms with Crippen LogP contribution in [0.2, 0.25) is 0 Å². The second kappa shape index (κ2) is 13.6. The zero-order chi connectivity index (χ0) is 25.1. The third-order valence-electron chi connectivity index (χ3n) is 5.56. The first-order valence-electron chi connectivity index (χ1n) is 12.0. The molecule has 0 unspecified atom stereocenters. The molecule has 0 N–H and O–H groups in total. The van der Waals surface area contributed by atoms with Crippen molar-refractivity contribution in [3.63, 3.8) is 0 Å². The minimum Gasteiger partial charge on any atom is -0.493 e. The summed E-state index contributed by atoms with van der Waals surface area (Å²) in [5, 5.41) is 9.56. The van der Waals surface area contributed by atoms with Crippen LogP contribution < -0.4 is 9.47 Å². The van der Waals surface area contributed by atoms with Gasteiger partial charge in [-0.1, -0.05) is 32.3 Å². The van der Waals surface area contributed by atoms with E-state index in [9.17, 15) is 14.9 Å². The maximum atomic E-state index is 13.2. The second-order valence-corrected chi connectivity index (χ2v) is 8.52. The van der Waals surface area contributed by atoms with Gasteiger partial charge in [0.2, 0.25) is 0 Å². The Kier molecular flexibility index (Phi) is 10.8. The summed E-state index contributed by atoms with van der Waals surface area (Å²) in [7, 11) is 1.57. The Balaban J connectivity index is 2.25. The molecule has 184 valence electrons. The Morgan fingerprint density at radius 1 is 1.06 bits per heavy atom. The van der Waals surface area contributed by atoms with Gasteiger partial charge in [0.05, 0.1) is 19.8 Å². The standard InChI is InChI=1S/C27H36N2O5/c1-6-7-8-9-14-34-24-12-11-21(17-25(24)32-5)16-22-20(4)23(18-28)27(31)29(26(22)30)13-10-15-33-19(2)3/h11-12,16-17,19H,6-10,13-15H2,1-5H3/b22-16+. The molecule has 0 radical (unpaired) electrons. The molecule has 0 saturated carbocycles. The van der Waals surface area contributed by atoms with Crippen LogP contribution in [0.3, 0.4) is 0 Å². The number of nitrogens with zero attached hydrogens (tertiary/aromatic N) is 2. The smallest absolute Gasteiger partial charge is 0.271 e. The Labute approximate surface area is 203 Å². The number of hydrogen-bond donors (Lipinski definition) is 0. The van der Waals surface area contributed by atoms with Gasteiger partial charge in [0.25, 0.3) is 11.8 Å². The number of methoxy groups -OCH3 is 1. The van der Waals surface area contributed by atoms with Crippen LogP contribution in [0.25, 0.3) is 6.08 Å². The fourth-order valence-corrected chi connectivity index (χ4v) is 3.65. The van der Waals surface area contributed by atoms with Gasteiger partial charge in [-0.3, -0.25) is 14.5 Å². The molecule has 1 heterocycles. The van der Waals surface area contributed by atoms with E-state index in [1.165, 1.54) is 12.8 Å². The summed E-state index contributed by atoms with van der Waals surface area (Å²) in [6, 6.07) is 7.41. The van der Waals surface area contributed by atoms with E-state index in [1.54, 1.807) is 26.2 Å². The molecule has 0 saturated heterocycles. The van der Waals surface area contributed by atoms with E-state index in [2.05, 4.69) is 6.92 Å². The molecule has 0 aliphatic carbocycles. The molecular formula is C27H36N2O5. The van der Waals surface area contributed by atoms with Crippen molar-refractivity contribution < 1.29 is 23.8 Å². The summed E-state index contributed by atoms with van der Waals surface area (Å²) >= 11 is 0. The highest BCUT2D eigenvalue weighted by molar-refractivity contribution is 6.19. The number of amides is 2. The van der Waals surface area contributed by atoms with Gasteiger partial charge in [-0.05, 0) is 63.0 Å². The summed E-state index contributed by atoms with van der Waals surface area (Å²) in [5.41, 5.74) is 1.39. The molecule has 1 aliphatic heterocycles. The lowest BCUT2D eigenvalue weighted by Gasteiger charge is -2.27. The zero-order valence-electron chi connectivity index (χ0n) is 21.0. The highest BCUT2D eigenvalue weighted by Crippen LogP contribution is 2.32. The second-order valence-electron chi connectivity index (χ2n) is 8.52. The van der Waals surface area contributed by atoms with Crippen LogP contribution in [0.1, 0.15) is 65.4 Å². The van der Waals surface area contributed by atoms with Crippen molar-refractivity contribution in [2.24, 2.45) is 0 Å². The average Bonchev–Trinajstić information content (AvgIpc) is 2.81. The van der Waals surface area contributed by atoms with Crippen molar-refractivity contribution in [3.05, 3.63) is 40.5 Å². The Morgan fingerprint density at radius 3 is 2.47 bits per heavy atom. The number of nitriles is 1. The summed E-state index contributed by atoms with van der Waals surface area (Å²) in [5.74, 6) is 0.231. The van der Waals surface area contributed by atoms with E-state index in [1.807, 2.05) is 32.0 Å². The monoisotopic (exact) mass is 468 g/mol. The maximum Gasteiger partial charge on any atom is 0.271 e. The first-order chi connectivity index (χ1) is 16.3. The van der Waals surface area contributed by atoms with E-state index >= 15 is 0 Å². The molecule has 0 fully saturated rings. The van der Waals surface area contributed by atoms with E-state index in [4.69, 9.17) is 14.2 Å². The quantitative estimate of drug-likeness (QED) is 0.228. The maximum absolute atomic E-state index is 13.2. The molecule has 0 aromatic heterocycles. The van der Waals surface area contributed by atoms with Crippen LogP contribution in [-0.2, 0) is 14.3 Å². The lowest BCUT2D eigenvalue weighted by Crippen LogP contribution is -2.43. The normalized spacial score (nSPS) is 15.3. The molecule has 1 aromatic rings. The molecule has 1 aromatic carbocycles. The number of imide groups is 1. The van der Waals surface area contributed by atoms with Crippen LogP contribution in [0.4, 0.5) is 0 Å². The van der Waals surface area contributed by atoms with Gasteiger partial charge in [0, 0.05) is 18.7 Å². The van der Waals surface area contributed by atoms with Crippen molar-refractivity contribution in [1.82, 2.24) is 4.90 Å². The van der Waals surface area contributed by atoms with Gasteiger partial charge in [-0.2, -0.15) is 5.26 Å². The number of benzene rings is 1. The van der Waals surface area contributed by atoms with Gasteiger partial charge >= 0.3 is 0 Å². The first kappa shape index (κ1) is 27.1. The van der Waals surface area contributed by atoms with E-state index < -0.39 is 11.8 Å². The molecule has 2 rings (SSSR count). The van der Waals surface area contributed by atoms with Crippen molar-refractivity contribution in [3.8, 4) is 17.6 Å². The van der Waals surface area contributed by atoms with E-state index in [0.717, 1.165) is 17.7 Å². The van der Waals surface area contributed by atoms with Gasteiger partial charge in [-0.25, -0.2) is 0 Å². The molecule has 7 heteroatoms. The van der Waals surface area contributed by atoms with Crippen LogP contribution in [0, 0.1) is 11.3 Å². The molecule has 1 aliphatic rings. The predicted octanol–water partition coefficient (Wildman–Crippen LogP) is 5.06. The van der Waals surface area contributed by atoms with Crippen LogP contribution >= 0.6 is 0 Å². The lowest BCUT2D eigenvalue weighted by atomic mass is 9.93. The number of unbranched alkanes of at least 4 members (excludes halogenated alkanes) is 3. The molecule has 2 amide bonds. The summed E-state index contributed by atoms with van der Waals surface area (Å²) < 4.78 is 16.9. The molecule has 0 atom stereocenters. The van der Waals surface area contributed by atoms with Gasteiger partial charge in [0.1, 0.15) is 11.6 Å². The van der Waals surface area contributed by atoms with E-state index in [0.29, 0.717) is 47.8 Å². The zero-order valence-corrected chi connectivity index (χ0v) is 21.0. The SMILES string of the molecule is CCCCCCOc1ccc(/C=C2/C(=O)N(CCCOC(C)C)C(=O)C(C#N)=C2C)cc1OC. The number of rotatable bonds is 13. The molecule has 7 nitrogen and oxygen atoms in total. The third-order valence-corrected chi connectivity index (χ3v) is 5.56. The van der Waals surface area contributed by atoms with E-state index in [-0.39, 0.29) is 18.2 Å². The van der Waals surface area contributed by atoms with Gasteiger partial charge < -0.3 is 14.2 Å². The van der Waals surface area contributed by atoms with Gasteiger partial charge in [0.15, 0.2) is 11.5 Å². The van der Waals surface area contributed by atoms with Crippen molar-refractivity contribution in [1.29, 1.82) is 5.26 Å². The summed E-state index contributed by atoms with van der Waals surface area (Å²) in [6.07, 6.45) is 6.70. The predicted molar refractivity (Wildman–Crippen MR) is 131 cm³/mol. The van der Waals surface area contributed by atoms with Crippen LogP contribution in [-0.4, -0.2) is 49.7 Å². The highest BCUT2D eigenvalue weighted by Gasteiger charge is 2.35. The first-order valence-corrected chi connectivity index (χ1v) is 12.0. The fraction of sp³-hybridized carbons (Fsp3) is 0.519. The number of hydrogen-bond acceptors (Lipinski definition) is 6. The number of carbonyl (C=O) groups excluding carboxylic acids is 2. The molecule has 0 spiro atoms. The number of carbonyl (C=O) groups is 2. The molecule has 34 heavy (non-hydrogen) atoms. The molecule has 0 bridgehead atoms. The van der Waals surface area contributed by atoms with Crippen LogP contribution in [0.15, 0.2) is 34.9 Å². The van der Waals surface area contributed by atoms with Gasteiger partial charge in [-0.15, -0.1) is 0 Å². The minimum atomic E-state index is -0.559. The average molecular weight is 469 g/mol. The fourth-order valence-electron chi connectivity index (χ4n) is 3.65. The largest absolute Gasteiger partial charge is 0.493 e. The summed E-state index contributed by atoms with van der Waals surface area (Å²) in [4.78, 5) is 27.1. The number of ether oxygens (including phenoxy) is 3. The van der Waals surface area contributed by atoms with Crippen LogP contribution in [0.5, 0.6) is 11.5 Å². The lowest BCUT2D eigenvalue weighted by molar-refractivity contribution is -0.140. The van der Waals surface area contributed by atoms with Crippen molar-refractivity contribution in [2.45, 2.75) is 65.9 Å². The third kappa shape index (κ3) is 7.19. The van der Waals surface area contributed by atoms with Crippen molar-refractivity contribution >= 4 is 17.9 Å². The Bertz CT molecular complexity index is 972. The minimum absolute atomic E-state index is 0.0189. The van der Waals surface area contributed by atoms with Crippen molar-refractivity contribution in [2.75, 3.05) is 26.9 Å². The molecular weight excluding hydrogens is 432 g/mol. The summed E-state index contributed by atoms with van der Waals surface area (Å²) in [6.45, 7) is 8.87. The highest BCUT2D eigenvalue weighted by atomic mass is 16.5. The topological polar surface area (TPSA) is 88.9 Å².